The standard InChI is InChI=1S/C11H20N2O2S.C11H20N2O.C7H8/c1-5-11(7-6-10(2)14-4)15-9-8-13-16-12-3;1-3-10(2)6-4-5-7-11(8-12)9-13-14;1-2-4-6-7-5-3-1/h5-7,12-13H,1,8-9H2,2-4H3;7-10,12,14H,3-6H2,1-2H3;1-6H,7H2/b10-6+,11-7+;11-7-,12-8?,13-9+;. The van der Waals surface area contributed by atoms with Gasteiger partial charge in [-0.05, 0) is 57.4 Å². The van der Waals surface area contributed by atoms with Gasteiger partial charge in [0.1, 0.15) is 12.4 Å². The number of nitrogens with zero attached hydrogens (tertiary/aromatic N) is 1. The molecule has 0 saturated carbocycles. The number of ether oxygens (including phenoxy) is 2. The molecule has 208 valence electrons. The SMILES string of the molecule is C1=CC=CCC=C1.C=C/C(=C\C=C(/C)OC)OCCNSNC.CCC(C)CCC/C=C(C=N)\C=N\O. The summed E-state index contributed by atoms with van der Waals surface area (Å²) >= 11 is 1.43. The zero-order chi connectivity index (χ0) is 28.0. The fourth-order valence-corrected chi connectivity index (χ4v) is 2.78. The van der Waals surface area contributed by atoms with Gasteiger partial charge in [-0.2, -0.15) is 0 Å². The third-order valence-electron chi connectivity index (χ3n) is 4.88. The molecule has 0 aliphatic heterocycles. The highest BCUT2D eigenvalue weighted by Gasteiger charge is 1.97. The van der Waals surface area contributed by atoms with Crippen LogP contribution in [0.15, 0.2) is 89.6 Å². The zero-order valence-corrected chi connectivity index (χ0v) is 24.1. The molecule has 7 nitrogen and oxygen atoms in total. The molecule has 0 spiro atoms. The summed E-state index contributed by atoms with van der Waals surface area (Å²) in [5, 5.41) is 18.2. The number of unbranched alkanes of at least 4 members (excludes halogenated alkanes) is 1. The summed E-state index contributed by atoms with van der Waals surface area (Å²) in [5.74, 6) is 2.33. The van der Waals surface area contributed by atoms with Crippen LogP contribution in [-0.4, -0.2) is 44.9 Å². The molecule has 4 N–H and O–H groups in total. The summed E-state index contributed by atoms with van der Waals surface area (Å²) in [7, 11) is 3.49. The second kappa shape index (κ2) is 29.4. The number of allylic oxidation sites excluding steroid dienone is 12. The lowest BCUT2D eigenvalue weighted by molar-refractivity contribution is 0.231. The normalized spacial score (nSPS) is 14.1. The third kappa shape index (κ3) is 27.6. The summed E-state index contributed by atoms with van der Waals surface area (Å²) in [5.41, 5.74) is 0.664. The maximum absolute atomic E-state index is 8.28. The molecule has 1 aliphatic rings. The van der Waals surface area contributed by atoms with Crippen molar-refractivity contribution in [2.24, 2.45) is 11.1 Å². The van der Waals surface area contributed by atoms with Crippen LogP contribution in [0, 0.1) is 11.3 Å². The molecular weight excluding hydrogens is 484 g/mol. The van der Waals surface area contributed by atoms with Gasteiger partial charge in [0.05, 0.1) is 19.1 Å². The van der Waals surface area contributed by atoms with Gasteiger partial charge in [0.2, 0.25) is 0 Å². The summed E-state index contributed by atoms with van der Waals surface area (Å²) in [6.45, 7) is 11.3. The fraction of sp³-hybridized carbons (Fsp3) is 0.448. The van der Waals surface area contributed by atoms with Crippen LogP contribution in [0.25, 0.3) is 0 Å². The van der Waals surface area contributed by atoms with Crippen LogP contribution in [0.2, 0.25) is 0 Å². The van der Waals surface area contributed by atoms with E-state index in [0.29, 0.717) is 12.2 Å². The molecule has 0 saturated heterocycles. The molecule has 1 atom stereocenters. The van der Waals surface area contributed by atoms with Crippen LogP contribution in [0.3, 0.4) is 0 Å². The average Bonchev–Trinajstić information content (AvgIpc) is 3.25. The van der Waals surface area contributed by atoms with Crippen molar-refractivity contribution in [3.8, 4) is 0 Å². The zero-order valence-electron chi connectivity index (χ0n) is 23.3. The van der Waals surface area contributed by atoms with E-state index in [1.165, 1.54) is 37.4 Å². The Hall–Kier alpha value is -2.81. The average molecular weight is 533 g/mol. The van der Waals surface area contributed by atoms with Gasteiger partial charge in [0.25, 0.3) is 0 Å². The Morgan fingerprint density at radius 2 is 1.95 bits per heavy atom. The molecule has 8 heteroatoms. The minimum Gasteiger partial charge on any atom is -0.501 e. The van der Waals surface area contributed by atoms with E-state index in [1.807, 2.05) is 44.4 Å². The molecule has 1 rings (SSSR count). The third-order valence-corrected chi connectivity index (χ3v) is 5.43. The molecule has 37 heavy (non-hydrogen) atoms. The van der Waals surface area contributed by atoms with E-state index in [-0.39, 0.29) is 0 Å². The Kier molecular flexibility index (Phi) is 28.9. The number of oxime groups is 1. The van der Waals surface area contributed by atoms with Crippen molar-refractivity contribution in [3.05, 3.63) is 84.4 Å². The molecule has 0 amide bonds. The summed E-state index contributed by atoms with van der Waals surface area (Å²) in [6, 6.07) is 0. The number of methoxy groups -OCH3 is 1. The summed E-state index contributed by atoms with van der Waals surface area (Å²) < 4.78 is 16.5. The first-order chi connectivity index (χ1) is 18.0. The lowest BCUT2D eigenvalue weighted by Gasteiger charge is -2.06. The molecule has 0 bridgehead atoms. The first-order valence-electron chi connectivity index (χ1n) is 12.6. The Morgan fingerprint density at radius 3 is 2.49 bits per heavy atom. The van der Waals surface area contributed by atoms with Gasteiger partial charge < -0.3 is 20.1 Å². The van der Waals surface area contributed by atoms with E-state index in [1.54, 1.807) is 13.2 Å². The minimum absolute atomic E-state index is 0.590. The Labute approximate surface area is 229 Å². The molecule has 0 heterocycles. The maximum atomic E-state index is 8.28. The molecule has 1 unspecified atom stereocenters. The fourth-order valence-electron chi connectivity index (χ4n) is 2.45. The van der Waals surface area contributed by atoms with Crippen molar-refractivity contribution in [1.29, 1.82) is 5.41 Å². The van der Waals surface area contributed by atoms with Gasteiger partial charge in [0.15, 0.2) is 0 Å². The van der Waals surface area contributed by atoms with E-state index in [9.17, 15) is 0 Å². The minimum atomic E-state index is 0.590. The smallest absolute Gasteiger partial charge is 0.118 e. The van der Waals surface area contributed by atoms with Crippen LogP contribution in [-0.2, 0) is 9.47 Å². The highest BCUT2D eigenvalue weighted by Crippen LogP contribution is 2.11. The predicted molar refractivity (Wildman–Crippen MR) is 162 cm³/mol. The first kappa shape index (κ1) is 36.3. The molecule has 0 radical (unpaired) electrons. The van der Waals surface area contributed by atoms with Crippen molar-refractivity contribution in [3.63, 3.8) is 0 Å². The number of hydrogen-bond donors (Lipinski definition) is 4. The highest BCUT2D eigenvalue weighted by molar-refractivity contribution is 7.95. The van der Waals surface area contributed by atoms with Crippen LogP contribution < -0.4 is 9.44 Å². The topological polar surface area (TPSA) is 99.0 Å². The number of hydrogen-bond acceptors (Lipinski definition) is 8. The van der Waals surface area contributed by atoms with Gasteiger partial charge in [-0.3, -0.25) is 4.72 Å². The molecule has 1 aliphatic carbocycles. The van der Waals surface area contributed by atoms with Crippen molar-refractivity contribution < 1.29 is 14.7 Å². The molecule has 0 aromatic rings. The van der Waals surface area contributed by atoms with E-state index in [2.05, 4.69) is 59.3 Å². The largest absolute Gasteiger partial charge is 0.501 e. The highest BCUT2D eigenvalue weighted by atomic mass is 32.2. The van der Waals surface area contributed by atoms with Gasteiger partial charge in [-0.1, -0.05) is 81.0 Å². The van der Waals surface area contributed by atoms with Gasteiger partial charge in [-0.15, -0.1) is 0 Å². The van der Waals surface area contributed by atoms with Crippen molar-refractivity contribution in [2.75, 3.05) is 27.3 Å². The Morgan fingerprint density at radius 1 is 1.24 bits per heavy atom. The van der Waals surface area contributed by atoms with E-state index < -0.39 is 0 Å². The quantitative estimate of drug-likeness (QED) is 0.0317. The number of nitrogens with one attached hydrogen (secondary N) is 3. The summed E-state index contributed by atoms with van der Waals surface area (Å²) in [6.07, 6.45) is 27.8. The van der Waals surface area contributed by atoms with Crippen molar-refractivity contribution >= 4 is 24.6 Å². The predicted octanol–water partition coefficient (Wildman–Crippen LogP) is 7.29. The second-order valence-corrected chi connectivity index (χ2v) is 8.72. The van der Waals surface area contributed by atoms with E-state index in [4.69, 9.17) is 20.1 Å². The van der Waals surface area contributed by atoms with Gasteiger partial charge >= 0.3 is 0 Å². The lowest BCUT2D eigenvalue weighted by Crippen LogP contribution is -2.15. The van der Waals surface area contributed by atoms with Crippen LogP contribution in [0.5, 0.6) is 0 Å². The number of rotatable bonds is 16. The molecular formula is C29H48N4O3S. The maximum Gasteiger partial charge on any atom is 0.118 e. The van der Waals surface area contributed by atoms with E-state index >= 15 is 0 Å². The second-order valence-electron chi connectivity index (χ2n) is 7.82. The molecule has 0 aromatic carbocycles. The van der Waals surface area contributed by atoms with Crippen molar-refractivity contribution in [1.82, 2.24) is 9.44 Å². The van der Waals surface area contributed by atoms with Gasteiger partial charge in [-0.25, -0.2) is 4.72 Å². The Balaban J connectivity index is 0. The lowest BCUT2D eigenvalue weighted by atomic mass is 10.0. The van der Waals surface area contributed by atoms with E-state index in [0.717, 1.165) is 43.2 Å². The van der Waals surface area contributed by atoms with Crippen LogP contribution in [0.1, 0.15) is 52.9 Å². The summed E-state index contributed by atoms with van der Waals surface area (Å²) in [4.78, 5) is 0. The van der Waals surface area contributed by atoms with Crippen LogP contribution >= 0.6 is 12.1 Å². The van der Waals surface area contributed by atoms with Crippen molar-refractivity contribution in [2.45, 2.75) is 52.9 Å². The van der Waals surface area contributed by atoms with Crippen LogP contribution in [0.4, 0.5) is 0 Å². The Bertz CT molecular complexity index is 770. The monoisotopic (exact) mass is 532 g/mol. The first-order valence-corrected chi connectivity index (χ1v) is 13.4. The molecule has 0 aromatic heterocycles. The molecule has 0 fully saturated rings. The van der Waals surface area contributed by atoms with Gasteiger partial charge in [0, 0.05) is 30.5 Å².